The highest BCUT2D eigenvalue weighted by Gasteiger charge is 2.40. The van der Waals surface area contributed by atoms with E-state index in [1.807, 2.05) is 0 Å². The van der Waals surface area contributed by atoms with Crippen molar-refractivity contribution in [2.24, 2.45) is 0 Å². The Hall–Kier alpha value is -3.60. The van der Waals surface area contributed by atoms with Crippen molar-refractivity contribution in [2.75, 3.05) is 13.1 Å². The number of benzene rings is 2. The van der Waals surface area contributed by atoms with E-state index in [1.165, 1.54) is 30.3 Å². The Morgan fingerprint density at radius 2 is 1.97 bits per heavy atom. The minimum atomic E-state index is -1.39. The van der Waals surface area contributed by atoms with Gasteiger partial charge < -0.3 is 20.6 Å². The Morgan fingerprint density at radius 3 is 2.75 bits per heavy atom. The van der Waals surface area contributed by atoms with Gasteiger partial charge in [-0.3, -0.25) is 14.4 Å². The number of carbonyl (C=O) groups is 3. The maximum atomic E-state index is 14.2. The van der Waals surface area contributed by atoms with Crippen molar-refractivity contribution in [3.63, 3.8) is 0 Å². The largest absolute Gasteiger partial charge is 0.508 e. The molecule has 3 atom stereocenters. The standard InChI is InChI=1S/C25H23BrF2N4O4/c1-13(18-9-15(26)3-7-22(18)33)30-25(36)21-10-17(28)12-32(21)23(34)11-29-24(35)20-5-2-14-8-16(27)4-6-19(14)31-20/h2-9,13,17,21,33H,10-12H2,1H3,(H,29,35)(H,30,36)/t13-,17+,21-/m0/s1. The molecule has 4 rings (SSSR count). The van der Waals surface area contributed by atoms with E-state index in [1.54, 1.807) is 25.1 Å². The Bertz CT molecular complexity index is 1340. The molecule has 0 saturated carbocycles. The van der Waals surface area contributed by atoms with E-state index in [0.29, 0.717) is 20.9 Å². The average Bonchev–Trinajstić information content (AvgIpc) is 3.25. The van der Waals surface area contributed by atoms with Crippen LogP contribution in [0.3, 0.4) is 0 Å². The molecule has 0 unspecified atom stereocenters. The van der Waals surface area contributed by atoms with Gasteiger partial charge in [0.2, 0.25) is 11.8 Å². The Labute approximate surface area is 213 Å². The number of fused-ring (bicyclic) bond motifs is 1. The quantitative estimate of drug-likeness (QED) is 0.428. The van der Waals surface area contributed by atoms with Gasteiger partial charge in [0.15, 0.2) is 0 Å². The van der Waals surface area contributed by atoms with Crippen molar-refractivity contribution in [2.45, 2.75) is 31.6 Å². The van der Waals surface area contributed by atoms with Gasteiger partial charge in [-0.2, -0.15) is 0 Å². The molecule has 0 radical (unpaired) electrons. The van der Waals surface area contributed by atoms with Crippen LogP contribution in [-0.2, 0) is 9.59 Å². The van der Waals surface area contributed by atoms with Gasteiger partial charge >= 0.3 is 0 Å². The molecule has 0 spiro atoms. The van der Waals surface area contributed by atoms with E-state index in [0.717, 1.165) is 4.90 Å². The zero-order valence-corrected chi connectivity index (χ0v) is 20.8. The van der Waals surface area contributed by atoms with Crippen LogP contribution in [0.5, 0.6) is 5.75 Å². The number of aromatic nitrogens is 1. The van der Waals surface area contributed by atoms with E-state index in [-0.39, 0.29) is 24.4 Å². The summed E-state index contributed by atoms with van der Waals surface area (Å²) in [7, 11) is 0. The minimum absolute atomic E-state index is 0.0103. The maximum Gasteiger partial charge on any atom is 0.270 e. The number of hydrogen-bond donors (Lipinski definition) is 3. The molecule has 3 aromatic rings. The second-order valence-electron chi connectivity index (χ2n) is 8.54. The van der Waals surface area contributed by atoms with Gasteiger partial charge in [0.1, 0.15) is 29.5 Å². The van der Waals surface area contributed by atoms with Crippen LogP contribution < -0.4 is 10.6 Å². The zero-order chi connectivity index (χ0) is 26.0. The van der Waals surface area contributed by atoms with Crippen LogP contribution in [-0.4, -0.2) is 58.0 Å². The van der Waals surface area contributed by atoms with E-state index < -0.39 is 48.3 Å². The number of hydrogen-bond acceptors (Lipinski definition) is 5. The van der Waals surface area contributed by atoms with Gasteiger partial charge in [-0.25, -0.2) is 13.8 Å². The molecule has 11 heteroatoms. The number of nitrogens with zero attached hydrogens (tertiary/aromatic N) is 2. The summed E-state index contributed by atoms with van der Waals surface area (Å²) in [5.41, 5.74) is 0.907. The van der Waals surface area contributed by atoms with Gasteiger partial charge in [-0.15, -0.1) is 0 Å². The molecule has 36 heavy (non-hydrogen) atoms. The first-order valence-electron chi connectivity index (χ1n) is 11.2. The molecule has 0 bridgehead atoms. The Morgan fingerprint density at radius 1 is 1.19 bits per heavy atom. The number of likely N-dealkylation sites (tertiary alicyclic amines) is 1. The van der Waals surface area contributed by atoms with Crippen LogP contribution in [0.15, 0.2) is 53.0 Å². The van der Waals surface area contributed by atoms with Gasteiger partial charge in [-0.1, -0.05) is 22.0 Å². The summed E-state index contributed by atoms with van der Waals surface area (Å²) in [4.78, 5) is 43.5. The summed E-state index contributed by atoms with van der Waals surface area (Å²) in [5, 5.41) is 15.8. The molecule has 2 aromatic carbocycles. The fourth-order valence-corrected chi connectivity index (χ4v) is 4.52. The van der Waals surface area contributed by atoms with E-state index in [9.17, 15) is 28.3 Å². The number of pyridine rings is 1. The number of amides is 3. The lowest BCUT2D eigenvalue weighted by Gasteiger charge is -2.25. The number of nitrogens with one attached hydrogen (secondary N) is 2. The third kappa shape index (κ3) is 5.62. The van der Waals surface area contributed by atoms with E-state index in [4.69, 9.17) is 0 Å². The molecule has 0 aliphatic carbocycles. The number of phenols is 1. The molecule has 1 saturated heterocycles. The normalized spacial score (nSPS) is 18.2. The molecule has 1 fully saturated rings. The van der Waals surface area contributed by atoms with Crippen LogP contribution in [0.25, 0.3) is 10.9 Å². The molecule has 188 valence electrons. The number of aromatic hydroxyl groups is 1. The molecule has 1 aliphatic rings. The van der Waals surface area contributed by atoms with Crippen molar-refractivity contribution < 1.29 is 28.3 Å². The van der Waals surface area contributed by atoms with Crippen LogP contribution in [0.2, 0.25) is 0 Å². The molecule has 8 nitrogen and oxygen atoms in total. The van der Waals surface area contributed by atoms with Crippen molar-refractivity contribution in [3.05, 3.63) is 70.1 Å². The second-order valence-corrected chi connectivity index (χ2v) is 9.46. The third-order valence-electron chi connectivity index (χ3n) is 5.97. The smallest absolute Gasteiger partial charge is 0.270 e. The summed E-state index contributed by atoms with van der Waals surface area (Å²) in [6, 6.07) is 10.0. The van der Waals surface area contributed by atoms with Crippen molar-refractivity contribution in [1.29, 1.82) is 0 Å². The van der Waals surface area contributed by atoms with Gasteiger partial charge in [0, 0.05) is 21.8 Å². The van der Waals surface area contributed by atoms with Gasteiger partial charge in [0.25, 0.3) is 5.91 Å². The highest BCUT2D eigenvalue weighted by molar-refractivity contribution is 9.10. The molecular formula is C25H23BrF2N4O4. The van der Waals surface area contributed by atoms with Crippen molar-refractivity contribution >= 4 is 44.6 Å². The van der Waals surface area contributed by atoms with Gasteiger partial charge in [0.05, 0.1) is 24.6 Å². The summed E-state index contributed by atoms with van der Waals surface area (Å²) in [6.07, 6.45) is -1.57. The molecule has 3 N–H and O–H groups in total. The number of halogens is 3. The molecule has 2 heterocycles. The molecule has 3 amide bonds. The number of carbonyl (C=O) groups excluding carboxylic acids is 3. The van der Waals surface area contributed by atoms with Crippen LogP contribution >= 0.6 is 15.9 Å². The summed E-state index contributed by atoms with van der Waals surface area (Å²) in [5.74, 6) is -2.26. The predicted molar refractivity (Wildman–Crippen MR) is 131 cm³/mol. The van der Waals surface area contributed by atoms with Crippen LogP contribution in [0.1, 0.15) is 35.4 Å². The predicted octanol–water partition coefficient (Wildman–Crippen LogP) is 3.39. The fourth-order valence-electron chi connectivity index (χ4n) is 4.14. The maximum absolute atomic E-state index is 14.2. The monoisotopic (exact) mass is 560 g/mol. The molecule has 1 aromatic heterocycles. The first-order valence-corrected chi connectivity index (χ1v) is 12.0. The minimum Gasteiger partial charge on any atom is -0.508 e. The number of phenolic OH excluding ortho intramolecular Hbond substituents is 1. The number of alkyl halides is 1. The van der Waals surface area contributed by atoms with Gasteiger partial charge in [-0.05, 0) is 49.4 Å². The number of rotatable bonds is 6. The first kappa shape index (κ1) is 25.5. The van der Waals surface area contributed by atoms with Crippen LogP contribution in [0, 0.1) is 5.82 Å². The fraction of sp³-hybridized carbons (Fsp3) is 0.280. The second kappa shape index (κ2) is 10.6. The lowest BCUT2D eigenvalue weighted by atomic mass is 10.1. The van der Waals surface area contributed by atoms with E-state index in [2.05, 4.69) is 31.5 Å². The topological polar surface area (TPSA) is 112 Å². The van der Waals surface area contributed by atoms with Crippen molar-refractivity contribution in [3.8, 4) is 5.75 Å². The third-order valence-corrected chi connectivity index (χ3v) is 6.47. The Balaban J connectivity index is 1.39. The highest BCUT2D eigenvalue weighted by atomic mass is 79.9. The molecular weight excluding hydrogens is 538 g/mol. The summed E-state index contributed by atoms with van der Waals surface area (Å²) >= 11 is 3.31. The first-order chi connectivity index (χ1) is 17.1. The SMILES string of the molecule is C[C@H](NC(=O)[C@@H]1C[C@@H](F)CN1C(=O)CNC(=O)c1ccc2cc(F)ccc2n1)c1cc(Br)ccc1O. The highest BCUT2D eigenvalue weighted by Crippen LogP contribution is 2.28. The Kier molecular flexibility index (Phi) is 7.48. The summed E-state index contributed by atoms with van der Waals surface area (Å²) < 4.78 is 28.3. The zero-order valence-electron chi connectivity index (χ0n) is 19.2. The van der Waals surface area contributed by atoms with Crippen LogP contribution in [0.4, 0.5) is 8.78 Å². The van der Waals surface area contributed by atoms with Crippen molar-refractivity contribution in [1.82, 2.24) is 20.5 Å². The molecule has 1 aliphatic heterocycles. The lowest BCUT2D eigenvalue weighted by molar-refractivity contribution is -0.138. The average molecular weight is 561 g/mol. The lowest BCUT2D eigenvalue weighted by Crippen LogP contribution is -2.49. The van der Waals surface area contributed by atoms with E-state index >= 15 is 0 Å². The summed E-state index contributed by atoms with van der Waals surface area (Å²) in [6.45, 7) is 0.933.